The second-order valence-corrected chi connectivity index (χ2v) is 2.94. The average molecular weight is 196 g/mol. The van der Waals surface area contributed by atoms with Crippen LogP contribution in [0.25, 0.3) is 0 Å². The Kier molecular flexibility index (Phi) is 3.06. The predicted molar refractivity (Wildman–Crippen MR) is 51.8 cm³/mol. The molecule has 1 aromatic carbocycles. The zero-order valence-electron chi connectivity index (χ0n) is 7.47. The van der Waals surface area contributed by atoms with Crippen LogP contribution in [0, 0.1) is 0 Å². The average Bonchev–Trinajstić information content (AvgIpc) is 2.16. The number of benzene rings is 1. The number of anilines is 1. The van der Waals surface area contributed by atoms with E-state index >= 15 is 0 Å². The van der Waals surface area contributed by atoms with E-state index in [0.29, 0.717) is 5.56 Å². The first-order valence-corrected chi connectivity index (χ1v) is 4.05. The Bertz CT molecular complexity index is 352. The fourth-order valence-electron chi connectivity index (χ4n) is 1.14. The van der Waals surface area contributed by atoms with Gasteiger partial charge in [0.15, 0.2) is 0 Å². The van der Waals surface area contributed by atoms with E-state index < -0.39 is 12.0 Å². The van der Waals surface area contributed by atoms with E-state index in [0.717, 1.165) is 0 Å². The number of hydrogen-bond acceptors (Lipinski definition) is 4. The Morgan fingerprint density at radius 3 is 2.57 bits per heavy atom. The summed E-state index contributed by atoms with van der Waals surface area (Å²) in [6.07, 6.45) is 0. The summed E-state index contributed by atoms with van der Waals surface area (Å²) in [6, 6.07) is 3.67. The van der Waals surface area contributed by atoms with Gasteiger partial charge in [-0.2, -0.15) is 0 Å². The van der Waals surface area contributed by atoms with Crippen LogP contribution in [-0.2, 0) is 0 Å². The third-order valence-corrected chi connectivity index (χ3v) is 1.93. The molecule has 0 saturated carbocycles. The normalized spacial score (nSPS) is 12.4. The Labute approximate surface area is 81.0 Å². The van der Waals surface area contributed by atoms with Crippen molar-refractivity contribution >= 4 is 11.7 Å². The monoisotopic (exact) mass is 196 g/mol. The van der Waals surface area contributed by atoms with E-state index in [4.69, 9.17) is 21.7 Å². The number of aliphatic hydroxyl groups excluding tert-OH is 1. The molecule has 1 rings (SSSR count). The smallest absolute Gasteiger partial charge is 0.335 e. The minimum absolute atomic E-state index is 0.108. The summed E-state index contributed by atoms with van der Waals surface area (Å²) in [5.41, 5.74) is 12.1. The lowest BCUT2D eigenvalue weighted by Gasteiger charge is -2.11. The lowest BCUT2D eigenvalue weighted by atomic mass is 10.0. The maximum atomic E-state index is 10.6. The summed E-state index contributed by atoms with van der Waals surface area (Å²) in [4.78, 5) is 10.6. The summed E-state index contributed by atoms with van der Waals surface area (Å²) in [6.45, 7) is -0.226. The summed E-state index contributed by atoms with van der Waals surface area (Å²) >= 11 is 0. The van der Waals surface area contributed by atoms with E-state index in [9.17, 15) is 4.79 Å². The van der Waals surface area contributed by atoms with E-state index in [-0.39, 0.29) is 17.9 Å². The van der Waals surface area contributed by atoms with Gasteiger partial charge in [0.2, 0.25) is 0 Å². The predicted octanol–water partition coefficient (Wildman–Crippen LogP) is -0.0409. The third kappa shape index (κ3) is 2.01. The molecule has 0 amide bonds. The highest BCUT2D eigenvalue weighted by Gasteiger charge is 2.10. The number of aliphatic hydroxyl groups is 1. The van der Waals surface area contributed by atoms with E-state index in [1.165, 1.54) is 18.2 Å². The first-order chi connectivity index (χ1) is 6.56. The topological polar surface area (TPSA) is 110 Å². The van der Waals surface area contributed by atoms with Crippen LogP contribution >= 0.6 is 0 Å². The molecule has 0 bridgehead atoms. The van der Waals surface area contributed by atoms with Crippen LogP contribution in [0.3, 0.4) is 0 Å². The number of carboxylic acid groups (broad SMARTS) is 1. The van der Waals surface area contributed by atoms with Crippen molar-refractivity contribution in [1.29, 1.82) is 0 Å². The fourth-order valence-corrected chi connectivity index (χ4v) is 1.14. The van der Waals surface area contributed by atoms with Crippen LogP contribution in [0.5, 0.6) is 0 Å². The number of rotatable bonds is 3. The highest BCUT2D eigenvalue weighted by Crippen LogP contribution is 2.19. The van der Waals surface area contributed by atoms with Crippen LogP contribution in [0.15, 0.2) is 18.2 Å². The molecule has 5 heteroatoms. The van der Waals surface area contributed by atoms with Crippen molar-refractivity contribution in [1.82, 2.24) is 0 Å². The third-order valence-electron chi connectivity index (χ3n) is 1.93. The van der Waals surface area contributed by atoms with Gasteiger partial charge in [-0.05, 0) is 17.7 Å². The highest BCUT2D eigenvalue weighted by atomic mass is 16.4. The maximum absolute atomic E-state index is 10.6. The number of carbonyl (C=O) groups is 1. The molecule has 0 radical (unpaired) electrons. The molecule has 1 unspecified atom stereocenters. The summed E-state index contributed by atoms with van der Waals surface area (Å²) in [7, 11) is 0. The number of hydrogen-bond donors (Lipinski definition) is 4. The van der Waals surface area contributed by atoms with Crippen LogP contribution < -0.4 is 11.5 Å². The molecule has 5 nitrogen and oxygen atoms in total. The van der Waals surface area contributed by atoms with Gasteiger partial charge >= 0.3 is 5.97 Å². The quantitative estimate of drug-likeness (QED) is 0.507. The van der Waals surface area contributed by atoms with Crippen molar-refractivity contribution in [3.63, 3.8) is 0 Å². The van der Waals surface area contributed by atoms with Crippen molar-refractivity contribution in [2.45, 2.75) is 6.04 Å². The summed E-state index contributed by atoms with van der Waals surface area (Å²) in [5.74, 6) is -1.04. The van der Waals surface area contributed by atoms with Crippen molar-refractivity contribution in [2.24, 2.45) is 5.73 Å². The molecule has 0 heterocycles. The zero-order chi connectivity index (χ0) is 10.7. The minimum Gasteiger partial charge on any atom is -0.478 e. The molecule has 14 heavy (non-hydrogen) atoms. The molecule has 0 spiro atoms. The van der Waals surface area contributed by atoms with E-state index in [2.05, 4.69) is 0 Å². The molecule has 0 fully saturated rings. The second-order valence-electron chi connectivity index (χ2n) is 2.94. The van der Waals surface area contributed by atoms with Crippen LogP contribution in [0.4, 0.5) is 5.69 Å². The molecule has 0 aromatic heterocycles. The second kappa shape index (κ2) is 4.08. The van der Waals surface area contributed by atoms with Gasteiger partial charge in [-0.15, -0.1) is 0 Å². The zero-order valence-corrected chi connectivity index (χ0v) is 7.47. The molecule has 0 saturated heterocycles. The standard InChI is InChI=1S/C9H12N2O3/c10-7-3-5(9(13)14)1-2-6(7)8(11)4-12/h1-3,8,12H,4,10-11H2,(H,13,14). The number of aromatic carboxylic acids is 1. The minimum atomic E-state index is -1.04. The van der Waals surface area contributed by atoms with Crippen LogP contribution in [-0.4, -0.2) is 22.8 Å². The largest absolute Gasteiger partial charge is 0.478 e. The Hall–Kier alpha value is -1.59. The van der Waals surface area contributed by atoms with Crippen LogP contribution in [0.2, 0.25) is 0 Å². The van der Waals surface area contributed by atoms with Gasteiger partial charge in [0.05, 0.1) is 18.2 Å². The molecule has 1 atom stereocenters. The van der Waals surface area contributed by atoms with Crippen molar-refractivity contribution in [3.8, 4) is 0 Å². The van der Waals surface area contributed by atoms with E-state index in [1.54, 1.807) is 0 Å². The first kappa shape index (κ1) is 10.5. The molecule has 0 aliphatic rings. The molecule has 0 aliphatic carbocycles. The molecular formula is C9H12N2O3. The molecule has 6 N–H and O–H groups in total. The van der Waals surface area contributed by atoms with Gasteiger partial charge < -0.3 is 21.7 Å². The number of nitrogen functional groups attached to an aromatic ring is 1. The number of nitrogens with two attached hydrogens (primary N) is 2. The van der Waals surface area contributed by atoms with E-state index in [1.807, 2.05) is 0 Å². The Balaban J connectivity index is 3.07. The first-order valence-electron chi connectivity index (χ1n) is 4.05. The lowest BCUT2D eigenvalue weighted by Crippen LogP contribution is -2.16. The van der Waals surface area contributed by atoms with Gasteiger partial charge in [-0.25, -0.2) is 4.79 Å². The lowest BCUT2D eigenvalue weighted by molar-refractivity contribution is 0.0697. The highest BCUT2D eigenvalue weighted by molar-refractivity contribution is 5.89. The Morgan fingerprint density at radius 2 is 2.14 bits per heavy atom. The summed E-state index contributed by atoms with van der Waals surface area (Å²) in [5, 5.41) is 17.5. The van der Waals surface area contributed by atoms with Crippen molar-refractivity contribution < 1.29 is 15.0 Å². The summed E-state index contributed by atoms with van der Waals surface area (Å²) < 4.78 is 0. The molecule has 76 valence electrons. The van der Waals surface area contributed by atoms with Gasteiger partial charge in [0.1, 0.15) is 0 Å². The van der Waals surface area contributed by atoms with Gasteiger partial charge in [0, 0.05) is 5.69 Å². The van der Waals surface area contributed by atoms with Gasteiger partial charge in [-0.1, -0.05) is 6.07 Å². The number of carboxylic acids is 1. The van der Waals surface area contributed by atoms with Gasteiger partial charge in [0.25, 0.3) is 0 Å². The molecule has 0 aliphatic heterocycles. The SMILES string of the molecule is Nc1cc(C(=O)O)ccc1C(N)CO. The van der Waals surface area contributed by atoms with Crippen LogP contribution in [0.1, 0.15) is 22.0 Å². The van der Waals surface area contributed by atoms with Gasteiger partial charge in [-0.3, -0.25) is 0 Å². The molecular weight excluding hydrogens is 184 g/mol. The van der Waals surface area contributed by atoms with Crippen molar-refractivity contribution in [2.75, 3.05) is 12.3 Å². The Morgan fingerprint density at radius 1 is 1.50 bits per heavy atom. The molecule has 1 aromatic rings. The fraction of sp³-hybridized carbons (Fsp3) is 0.222. The van der Waals surface area contributed by atoms with Crippen molar-refractivity contribution in [3.05, 3.63) is 29.3 Å². The maximum Gasteiger partial charge on any atom is 0.335 e.